The van der Waals surface area contributed by atoms with E-state index in [1.54, 1.807) is 6.07 Å². The summed E-state index contributed by atoms with van der Waals surface area (Å²) >= 11 is 0. The van der Waals surface area contributed by atoms with Crippen LogP contribution in [0.1, 0.15) is 67.1 Å². The lowest BCUT2D eigenvalue weighted by Gasteiger charge is -2.22. The normalized spacial score (nSPS) is 26.1. The minimum absolute atomic E-state index is 0.255. The molecule has 2 fully saturated rings. The van der Waals surface area contributed by atoms with Crippen LogP contribution >= 0.6 is 0 Å². The Bertz CT molecular complexity index is 536. The number of hydrogen-bond acceptors (Lipinski definition) is 4. The van der Waals surface area contributed by atoms with Crippen molar-refractivity contribution in [2.24, 2.45) is 5.92 Å². The highest BCUT2D eigenvalue weighted by atomic mass is 16.5. The van der Waals surface area contributed by atoms with Crippen molar-refractivity contribution in [3.8, 4) is 0 Å². The predicted molar refractivity (Wildman–Crippen MR) is 73.9 cm³/mol. The van der Waals surface area contributed by atoms with E-state index in [2.05, 4.69) is 10.5 Å². The smallest absolute Gasteiger partial charge is 0.308 e. The number of nitrogens with zero attached hydrogens (tertiary/aromatic N) is 1. The van der Waals surface area contributed by atoms with Gasteiger partial charge in [0.1, 0.15) is 5.76 Å². The van der Waals surface area contributed by atoms with Gasteiger partial charge >= 0.3 is 5.97 Å². The molecular formula is C15H20N2O4. The fourth-order valence-electron chi connectivity index (χ4n) is 2.97. The average molecular weight is 292 g/mol. The van der Waals surface area contributed by atoms with Gasteiger partial charge in [0.25, 0.3) is 5.91 Å². The number of nitrogens with one attached hydrogen (secondary N) is 1. The number of hydrogen-bond donors (Lipinski definition) is 2. The third-order valence-electron chi connectivity index (χ3n) is 4.39. The molecule has 6 nitrogen and oxygen atoms in total. The second-order valence-corrected chi connectivity index (χ2v) is 6.05. The monoisotopic (exact) mass is 292 g/mol. The second kappa shape index (κ2) is 5.87. The maximum Gasteiger partial charge on any atom is 0.308 e. The Morgan fingerprint density at radius 2 is 1.95 bits per heavy atom. The van der Waals surface area contributed by atoms with Crippen LogP contribution in [0.3, 0.4) is 0 Å². The molecule has 2 unspecified atom stereocenters. The summed E-state index contributed by atoms with van der Waals surface area (Å²) in [5, 5.41) is 16.0. The first-order valence-corrected chi connectivity index (χ1v) is 7.65. The molecule has 21 heavy (non-hydrogen) atoms. The summed E-state index contributed by atoms with van der Waals surface area (Å²) in [6.45, 7) is 0. The van der Waals surface area contributed by atoms with Gasteiger partial charge in [-0.3, -0.25) is 9.59 Å². The highest BCUT2D eigenvalue weighted by Gasteiger charge is 2.32. The van der Waals surface area contributed by atoms with Crippen LogP contribution < -0.4 is 5.32 Å². The van der Waals surface area contributed by atoms with Gasteiger partial charge in [0.15, 0.2) is 5.69 Å². The lowest BCUT2D eigenvalue weighted by molar-refractivity contribution is -0.142. The van der Waals surface area contributed by atoms with Gasteiger partial charge in [0.2, 0.25) is 0 Å². The molecule has 114 valence electrons. The highest BCUT2D eigenvalue weighted by molar-refractivity contribution is 5.92. The van der Waals surface area contributed by atoms with Gasteiger partial charge in [0, 0.05) is 18.0 Å². The third kappa shape index (κ3) is 3.25. The van der Waals surface area contributed by atoms with Crippen LogP contribution in [0.2, 0.25) is 0 Å². The summed E-state index contributed by atoms with van der Waals surface area (Å²) in [5.41, 5.74) is 0.255. The molecule has 6 heteroatoms. The van der Waals surface area contributed by atoms with Crippen molar-refractivity contribution >= 4 is 11.9 Å². The first kappa shape index (κ1) is 14.1. The molecule has 0 bridgehead atoms. The summed E-state index contributed by atoms with van der Waals surface area (Å²) in [5.74, 6) is -0.504. The number of aliphatic carboxylic acids is 1. The Morgan fingerprint density at radius 3 is 2.67 bits per heavy atom. The number of amides is 1. The molecule has 2 aliphatic rings. The zero-order valence-electron chi connectivity index (χ0n) is 11.9. The standard InChI is InChI=1S/C15H20N2O4/c18-14(12-8-13(21-17-12)9-6-7-9)16-11-5-3-1-2-4-10(11)15(19)20/h8-11H,1-7H2,(H,16,18)(H,19,20). The van der Waals surface area contributed by atoms with E-state index in [-0.39, 0.29) is 17.6 Å². The highest BCUT2D eigenvalue weighted by Crippen LogP contribution is 2.40. The van der Waals surface area contributed by atoms with E-state index in [4.69, 9.17) is 4.52 Å². The van der Waals surface area contributed by atoms with Crippen molar-refractivity contribution < 1.29 is 19.2 Å². The fraction of sp³-hybridized carbons (Fsp3) is 0.667. The van der Waals surface area contributed by atoms with E-state index in [0.717, 1.165) is 37.9 Å². The summed E-state index contributed by atoms with van der Waals surface area (Å²) < 4.78 is 5.17. The number of carbonyl (C=O) groups is 2. The Kier molecular flexibility index (Phi) is 3.94. The number of carboxylic acid groups (broad SMARTS) is 1. The van der Waals surface area contributed by atoms with Gasteiger partial charge in [-0.25, -0.2) is 0 Å². The van der Waals surface area contributed by atoms with Gasteiger partial charge < -0.3 is 14.9 Å². The SMILES string of the molecule is O=C(NC1CCCCCC1C(=O)O)c1cc(C2CC2)on1. The van der Waals surface area contributed by atoms with Gasteiger partial charge in [0.05, 0.1) is 5.92 Å². The first-order valence-electron chi connectivity index (χ1n) is 7.65. The van der Waals surface area contributed by atoms with Gasteiger partial charge in [-0.1, -0.05) is 24.4 Å². The Hall–Kier alpha value is -1.85. The molecule has 1 aromatic rings. The molecule has 1 amide bonds. The van der Waals surface area contributed by atoms with Crippen LogP contribution in [0.4, 0.5) is 0 Å². The molecule has 0 spiro atoms. The zero-order chi connectivity index (χ0) is 14.8. The third-order valence-corrected chi connectivity index (χ3v) is 4.39. The number of carbonyl (C=O) groups excluding carboxylic acids is 1. The Labute approximate surface area is 122 Å². The molecule has 1 heterocycles. The summed E-state index contributed by atoms with van der Waals surface area (Å²) in [6, 6.07) is 1.36. The molecule has 0 aromatic carbocycles. The van der Waals surface area contributed by atoms with Crippen molar-refractivity contribution in [3.05, 3.63) is 17.5 Å². The van der Waals surface area contributed by atoms with Crippen molar-refractivity contribution in [2.75, 3.05) is 0 Å². The number of rotatable bonds is 4. The molecule has 0 radical (unpaired) electrons. The minimum atomic E-state index is -0.832. The zero-order valence-corrected chi connectivity index (χ0v) is 11.9. The molecular weight excluding hydrogens is 272 g/mol. The van der Waals surface area contributed by atoms with E-state index in [1.165, 1.54) is 0 Å². The van der Waals surface area contributed by atoms with Crippen molar-refractivity contribution in [2.45, 2.75) is 56.9 Å². The van der Waals surface area contributed by atoms with Crippen molar-refractivity contribution in [1.82, 2.24) is 10.5 Å². The first-order chi connectivity index (χ1) is 10.1. The number of carboxylic acids is 1. The molecule has 0 aliphatic heterocycles. The molecule has 2 aliphatic carbocycles. The van der Waals surface area contributed by atoms with Crippen LogP contribution in [-0.2, 0) is 4.79 Å². The van der Waals surface area contributed by atoms with E-state index in [0.29, 0.717) is 18.8 Å². The van der Waals surface area contributed by atoms with E-state index in [1.807, 2.05) is 0 Å². The fourth-order valence-corrected chi connectivity index (χ4v) is 2.97. The average Bonchev–Trinajstić information content (AvgIpc) is 3.22. The summed E-state index contributed by atoms with van der Waals surface area (Å²) in [7, 11) is 0. The predicted octanol–water partition coefficient (Wildman–Crippen LogP) is 2.32. The van der Waals surface area contributed by atoms with Gasteiger partial charge in [-0.2, -0.15) is 0 Å². The van der Waals surface area contributed by atoms with Crippen LogP contribution in [-0.4, -0.2) is 28.2 Å². The Morgan fingerprint density at radius 1 is 1.19 bits per heavy atom. The molecule has 2 saturated carbocycles. The van der Waals surface area contributed by atoms with Crippen molar-refractivity contribution in [1.29, 1.82) is 0 Å². The summed E-state index contributed by atoms with van der Waals surface area (Å²) in [6.07, 6.45) is 6.36. The lowest BCUT2D eigenvalue weighted by Crippen LogP contribution is -2.42. The maximum absolute atomic E-state index is 12.2. The van der Waals surface area contributed by atoms with Gasteiger partial charge in [-0.05, 0) is 25.7 Å². The van der Waals surface area contributed by atoms with E-state index >= 15 is 0 Å². The summed E-state index contributed by atoms with van der Waals surface area (Å²) in [4.78, 5) is 23.6. The van der Waals surface area contributed by atoms with Crippen LogP contribution in [0.15, 0.2) is 10.6 Å². The van der Waals surface area contributed by atoms with Crippen LogP contribution in [0, 0.1) is 5.92 Å². The number of aromatic nitrogens is 1. The molecule has 1 aromatic heterocycles. The second-order valence-electron chi connectivity index (χ2n) is 6.05. The quantitative estimate of drug-likeness (QED) is 0.831. The largest absolute Gasteiger partial charge is 0.481 e. The molecule has 2 N–H and O–H groups in total. The Balaban J connectivity index is 1.67. The van der Waals surface area contributed by atoms with E-state index in [9.17, 15) is 14.7 Å². The van der Waals surface area contributed by atoms with Crippen LogP contribution in [0.5, 0.6) is 0 Å². The molecule has 2 atom stereocenters. The molecule has 0 saturated heterocycles. The van der Waals surface area contributed by atoms with Crippen molar-refractivity contribution in [3.63, 3.8) is 0 Å². The van der Waals surface area contributed by atoms with Crippen LogP contribution in [0.25, 0.3) is 0 Å². The lowest BCUT2D eigenvalue weighted by atomic mass is 9.95. The minimum Gasteiger partial charge on any atom is -0.481 e. The maximum atomic E-state index is 12.2. The topological polar surface area (TPSA) is 92.4 Å². The van der Waals surface area contributed by atoms with E-state index < -0.39 is 11.9 Å². The van der Waals surface area contributed by atoms with Gasteiger partial charge in [-0.15, -0.1) is 0 Å². The molecule has 3 rings (SSSR count).